The van der Waals surface area contributed by atoms with Crippen molar-refractivity contribution >= 4 is 46.6 Å². The van der Waals surface area contributed by atoms with Crippen molar-refractivity contribution in [1.29, 1.82) is 0 Å². The van der Waals surface area contributed by atoms with E-state index in [2.05, 4.69) is 27.4 Å². The number of hydrogen-bond donors (Lipinski definition) is 2. The second-order valence-corrected chi connectivity index (χ2v) is 7.56. The second kappa shape index (κ2) is 10.6. The van der Waals surface area contributed by atoms with E-state index >= 15 is 0 Å². The van der Waals surface area contributed by atoms with Crippen LogP contribution in [0.15, 0.2) is 72.4 Å². The summed E-state index contributed by atoms with van der Waals surface area (Å²) in [6, 6.07) is 16.2. The molecule has 7 nitrogen and oxygen atoms in total. The molecule has 3 aromatic rings. The van der Waals surface area contributed by atoms with Crippen molar-refractivity contribution in [2.45, 2.75) is 18.1 Å². The number of allylic oxidation sites excluding steroid dienone is 1. The Hall–Kier alpha value is -3.10. The van der Waals surface area contributed by atoms with E-state index in [-0.39, 0.29) is 24.0 Å². The summed E-state index contributed by atoms with van der Waals surface area (Å²) in [6.45, 7) is 4.17. The van der Waals surface area contributed by atoms with Crippen LogP contribution in [0.2, 0.25) is 5.02 Å². The van der Waals surface area contributed by atoms with E-state index in [0.29, 0.717) is 28.2 Å². The van der Waals surface area contributed by atoms with Gasteiger partial charge in [0, 0.05) is 12.2 Å². The lowest BCUT2D eigenvalue weighted by Gasteiger charge is -2.09. The molecule has 0 aliphatic heterocycles. The van der Waals surface area contributed by atoms with Crippen molar-refractivity contribution in [2.75, 3.05) is 16.4 Å². The first-order chi connectivity index (χ1) is 14.6. The minimum Gasteiger partial charge on any atom is -0.325 e. The Balaban J connectivity index is 1.62. The number of thioether (sulfide) groups is 1. The molecule has 0 radical (unpaired) electrons. The maximum Gasteiger partial charge on any atom is 0.234 e. The molecule has 0 spiro atoms. The third-order valence-corrected chi connectivity index (χ3v) is 5.26. The standard InChI is InChI=1S/C21H20ClN5O2S/c1-2-12-27-18(13-19(28)24-17-11-7-6-10-16(17)22)25-26-21(27)30-14-20(29)23-15-8-4-3-5-9-15/h2-11H,1,12-14H2,(H,23,29)(H,24,28). The Morgan fingerprint density at radius 1 is 1.03 bits per heavy atom. The molecule has 0 saturated carbocycles. The number of rotatable bonds is 9. The summed E-state index contributed by atoms with van der Waals surface area (Å²) in [5, 5.41) is 14.8. The van der Waals surface area contributed by atoms with E-state index in [4.69, 9.17) is 11.6 Å². The lowest BCUT2D eigenvalue weighted by atomic mass is 10.3. The van der Waals surface area contributed by atoms with E-state index in [0.717, 1.165) is 5.69 Å². The highest BCUT2D eigenvalue weighted by molar-refractivity contribution is 7.99. The van der Waals surface area contributed by atoms with Crippen molar-refractivity contribution in [2.24, 2.45) is 0 Å². The van der Waals surface area contributed by atoms with Crippen molar-refractivity contribution < 1.29 is 9.59 Å². The normalized spacial score (nSPS) is 10.4. The van der Waals surface area contributed by atoms with E-state index in [1.807, 2.05) is 30.3 Å². The Morgan fingerprint density at radius 3 is 2.50 bits per heavy atom. The van der Waals surface area contributed by atoms with Crippen molar-refractivity contribution in [3.05, 3.63) is 78.1 Å². The van der Waals surface area contributed by atoms with Crippen LogP contribution in [0.25, 0.3) is 0 Å². The first kappa shape index (κ1) is 21.6. The van der Waals surface area contributed by atoms with Crippen LogP contribution in [0.1, 0.15) is 5.82 Å². The highest BCUT2D eigenvalue weighted by Crippen LogP contribution is 2.21. The number of amides is 2. The number of carbonyl (C=O) groups excluding carboxylic acids is 2. The van der Waals surface area contributed by atoms with Gasteiger partial charge < -0.3 is 15.2 Å². The van der Waals surface area contributed by atoms with E-state index < -0.39 is 0 Å². The molecular formula is C21H20ClN5O2S. The molecule has 2 amide bonds. The molecule has 0 saturated heterocycles. The van der Waals surface area contributed by atoms with Gasteiger partial charge in [0.05, 0.1) is 22.9 Å². The van der Waals surface area contributed by atoms with E-state index in [1.165, 1.54) is 11.8 Å². The number of hydrogen-bond acceptors (Lipinski definition) is 5. The lowest BCUT2D eigenvalue weighted by Crippen LogP contribution is -2.18. The quantitative estimate of drug-likeness (QED) is 0.386. The fourth-order valence-electron chi connectivity index (χ4n) is 2.62. The van der Waals surface area contributed by atoms with Crippen LogP contribution >= 0.6 is 23.4 Å². The number of benzene rings is 2. The van der Waals surface area contributed by atoms with Gasteiger partial charge in [-0.2, -0.15) is 0 Å². The first-order valence-electron chi connectivity index (χ1n) is 9.12. The van der Waals surface area contributed by atoms with Crippen molar-refractivity contribution in [1.82, 2.24) is 14.8 Å². The molecule has 9 heteroatoms. The highest BCUT2D eigenvalue weighted by atomic mass is 35.5. The summed E-state index contributed by atoms with van der Waals surface area (Å²) < 4.78 is 1.76. The maximum absolute atomic E-state index is 12.4. The van der Waals surface area contributed by atoms with Gasteiger partial charge in [-0.25, -0.2) is 0 Å². The number of aromatic nitrogens is 3. The monoisotopic (exact) mass is 441 g/mol. The van der Waals surface area contributed by atoms with Gasteiger partial charge in [0.15, 0.2) is 5.16 Å². The molecule has 0 fully saturated rings. The van der Waals surface area contributed by atoms with Crippen LogP contribution in [0, 0.1) is 0 Å². The summed E-state index contributed by atoms with van der Waals surface area (Å²) in [4.78, 5) is 24.6. The fraction of sp³-hybridized carbons (Fsp3) is 0.143. The van der Waals surface area contributed by atoms with E-state index in [1.54, 1.807) is 34.9 Å². The molecule has 0 aliphatic rings. The molecule has 0 aliphatic carbocycles. The average molecular weight is 442 g/mol. The lowest BCUT2D eigenvalue weighted by molar-refractivity contribution is -0.116. The summed E-state index contributed by atoms with van der Waals surface area (Å²) in [5.41, 5.74) is 1.26. The van der Waals surface area contributed by atoms with Gasteiger partial charge in [0.1, 0.15) is 5.82 Å². The van der Waals surface area contributed by atoms with Gasteiger partial charge in [0.2, 0.25) is 11.8 Å². The predicted octanol–water partition coefficient (Wildman–Crippen LogP) is 4.03. The summed E-state index contributed by atoms with van der Waals surface area (Å²) in [5.74, 6) is 0.220. The fourth-order valence-corrected chi connectivity index (χ4v) is 3.57. The van der Waals surface area contributed by atoms with Crippen LogP contribution in [0.4, 0.5) is 11.4 Å². The smallest absolute Gasteiger partial charge is 0.234 e. The minimum atomic E-state index is -0.265. The topological polar surface area (TPSA) is 88.9 Å². The average Bonchev–Trinajstić information content (AvgIpc) is 3.10. The number of nitrogens with zero attached hydrogens (tertiary/aromatic N) is 3. The van der Waals surface area contributed by atoms with E-state index in [9.17, 15) is 9.59 Å². The molecule has 0 unspecified atom stereocenters. The minimum absolute atomic E-state index is 0.0167. The van der Waals surface area contributed by atoms with Gasteiger partial charge in [0.25, 0.3) is 0 Å². The third kappa shape index (κ3) is 5.95. The molecule has 0 atom stereocenters. The zero-order chi connectivity index (χ0) is 21.3. The van der Waals surface area contributed by atoms with Crippen molar-refractivity contribution in [3.63, 3.8) is 0 Å². The maximum atomic E-state index is 12.4. The summed E-state index contributed by atoms with van der Waals surface area (Å²) in [7, 11) is 0. The summed E-state index contributed by atoms with van der Waals surface area (Å²) in [6.07, 6.45) is 1.70. The highest BCUT2D eigenvalue weighted by Gasteiger charge is 2.17. The molecular weight excluding hydrogens is 422 g/mol. The second-order valence-electron chi connectivity index (χ2n) is 6.21. The third-order valence-electron chi connectivity index (χ3n) is 3.96. The largest absolute Gasteiger partial charge is 0.325 e. The zero-order valence-corrected chi connectivity index (χ0v) is 17.6. The van der Waals surface area contributed by atoms with Crippen molar-refractivity contribution in [3.8, 4) is 0 Å². The van der Waals surface area contributed by atoms with Gasteiger partial charge in [-0.15, -0.1) is 16.8 Å². The molecule has 2 aromatic carbocycles. The Bertz CT molecular complexity index is 1040. The number of nitrogens with one attached hydrogen (secondary N) is 2. The molecule has 2 N–H and O–H groups in total. The Kier molecular flexibility index (Phi) is 7.64. The number of halogens is 1. The number of para-hydroxylation sites is 2. The van der Waals surface area contributed by atoms with Gasteiger partial charge in [-0.3, -0.25) is 9.59 Å². The molecule has 3 rings (SSSR count). The molecule has 1 heterocycles. The molecule has 30 heavy (non-hydrogen) atoms. The Labute approximate surface area is 183 Å². The van der Waals surface area contributed by atoms with Crippen LogP contribution in [0.3, 0.4) is 0 Å². The molecule has 154 valence electrons. The zero-order valence-electron chi connectivity index (χ0n) is 16.0. The molecule has 1 aromatic heterocycles. The molecule has 0 bridgehead atoms. The van der Waals surface area contributed by atoms with Gasteiger partial charge >= 0.3 is 0 Å². The van der Waals surface area contributed by atoms with Crippen LogP contribution in [-0.4, -0.2) is 32.3 Å². The van der Waals surface area contributed by atoms with Crippen LogP contribution in [0.5, 0.6) is 0 Å². The van der Waals surface area contributed by atoms with Gasteiger partial charge in [-0.1, -0.05) is 59.8 Å². The number of carbonyl (C=O) groups is 2. The SMILES string of the molecule is C=CCn1c(CC(=O)Nc2ccccc2Cl)nnc1SCC(=O)Nc1ccccc1. The van der Waals surface area contributed by atoms with Gasteiger partial charge in [-0.05, 0) is 24.3 Å². The van der Waals surface area contributed by atoms with Crippen LogP contribution < -0.4 is 10.6 Å². The Morgan fingerprint density at radius 2 is 1.77 bits per heavy atom. The first-order valence-corrected chi connectivity index (χ1v) is 10.5. The predicted molar refractivity (Wildman–Crippen MR) is 120 cm³/mol. The van der Waals surface area contributed by atoms with Crippen LogP contribution in [-0.2, 0) is 22.6 Å². The summed E-state index contributed by atoms with van der Waals surface area (Å²) >= 11 is 7.33. The number of anilines is 2.